The summed E-state index contributed by atoms with van der Waals surface area (Å²) in [6.07, 6.45) is 0. The van der Waals surface area contributed by atoms with Crippen molar-refractivity contribution in [3.8, 4) is 11.4 Å². The smallest absolute Gasteiger partial charge is 0.209 e. The van der Waals surface area contributed by atoms with Gasteiger partial charge in [-0.2, -0.15) is 0 Å². The minimum Gasteiger partial charge on any atom is -0.258 e. The standard InChI is InChI=1S/C16H14ClN3S/c1-11(13-9-5-6-10-14(13)17)21-16-18-15(19-20-16)12-7-3-2-4-8-12/h2-11H,1H3,(H,18,19,20). The molecule has 0 radical (unpaired) electrons. The fourth-order valence-electron chi connectivity index (χ4n) is 2.05. The lowest BCUT2D eigenvalue weighted by Crippen LogP contribution is -1.90. The second-order valence-corrected chi connectivity index (χ2v) is 6.33. The normalized spacial score (nSPS) is 12.3. The van der Waals surface area contributed by atoms with Crippen LogP contribution in [0.15, 0.2) is 59.8 Å². The molecule has 106 valence electrons. The van der Waals surface area contributed by atoms with E-state index in [1.54, 1.807) is 11.8 Å². The molecule has 0 aliphatic rings. The van der Waals surface area contributed by atoms with Crippen LogP contribution in [0, 0.1) is 0 Å². The number of nitrogens with zero attached hydrogens (tertiary/aromatic N) is 2. The second-order valence-electron chi connectivity index (χ2n) is 4.61. The predicted octanol–water partition coefficient (Wildman–Crippen LogP) is 4.98. The average molecular weight is 316 g/mol. The van der Waals surface area contributed by atoms with Gasteiger partial charge >= 0.3 is 0 Å². The van der Waals surface area contributed by atoms with Gasteiger partial charge in [-0.25, -0.2) is 4.98 Å². The highest BCUT2D eigenvalue weighted by Crippen LogP contribution is 2.36. The van der Waals surface area contributed by atoms with Crippen molar-refractivity contribution in [3.63, 3.8) is 0 Å². The largest absolute Gasteiger partial charge is 0.258 e. The van der Waals surface area contributed by atoms with E-state index in [0.717, 1.165) is 27.1 Å². The van der Waals surface area contributed by atoms with E-state index in [4.69, 9.17) is 11.6 Å². The monoisotopic (exact) mass is 315 g/mol. The molecule has 1 aromatic heterocycles. The highest BCUT2D eigenvalue weighted by Gasteiger charge is 2.14. The van der Waals surface area contributed by atoms with E-state index in [2.05, 4.69) is 22.1 Å². The number of aromatic amines is 1. The van der Waals surface area contributed by atoms with Gasteiger partial charge in [-0.15, -0.1) is 5.10 Å². The maximum Gasteiger partial charge on any atom is 0.209 e. The Labute approximate surface area is 132 Å². The van der Waals surface area contributed by atoms with Crippen LogP contribution in [0.1, 0.15) is 17.7 Å². The second kappa shape index (κ2) is 6.33. The molecule has 0 aliphatic carbocycles. The Morgan fingerprint density at radius 1 is 1.05 bits per heavy atom. The predicted molar refractivity (Wildman–Crippen MR) is 87.5 cm³/mol. The van der Waals surface area contributed by atoms with Gasteiger partial charge in [0.2, 0.25) is 5.16 Å². The number of hydrogen-bond donors (Lipinski definition) is 1. The van der Waals surface area contributed by atoms with Crippen molar-refractivity contribution in [2.75, 3.05) is 0 Å². The van der Waals surface area contributed by atoms with Crippen LogP contribution in [-0.2, 0) is 0 Å². The van der Waals surface area contributed by atoms with E-state index < -0.39 is 0 Å². The first-order chi connectivity index (χ1) is 10.2. The number of rotatable bonds is 4. The van der Waals surface area contributed by atoms with Crippen LogP contribution in [0.4, 0.5) is 0 Å². The van der Waals surface area contributed by atoms with Gasteiger partial charge in [0.05, 0.1) is 0 Å². The van der Waals surface area contributed by atoms with Crippen molar-refractivity contribution >= 4 is 23.4 Å². The fraction of sp³-hybridized carbons (Fsp3) is 0.125. The maximum absolute atomic E-state index is 6.22. The summed E-state index contributed by atoms with van der Waals surface area (Å²) < 4.78 is 0. The third kappa shape index (κ3) is 3.28. The van der Waals surface area contributed by atoms with Gasteiger partial charge in [-0.1, -0.05) is 71.9 Å². The van der Waals surface area contributed by atoms with Gasteiger partial charge in [0.25, 0.3) is 0 Å². The summed E-state index contributed by atoms with van der Waals surface area (Å²) in [5.74, 6) is 0.782. The quantitative estimate of drug-likeness (QED) is 0.690. The number of halogens is 1. The summed E-state index contributed by atoms with van der Waals surface area (Å²) in [5, 5.41) is 8.94. The molecule has 1 unspecified atom stereocenters. The SMILES string of the molecule is CC(Sc1n[nH]c(-c2ccccc2)n1)c1ccccc1Cl. The van der Waals surface area contributed by atoms with Gasteiger partial charge in [0.15, 0.2) is 5.82 Å². The molecule has 3 aromatic rings. The van der Waals surface area contributed by atoms with Crippen LogP contribution in [-0.4, -0.2) is 15.2 Å². The molecular formula is C16H14ClN3S. The summed E-state index contributed by atoms with van der Waals surface area (Å²) in [5.41, 5.74) is 2.12. The molecule has 0 spiro atoms. The van der Waals surface area contributed by atoms with Crippen molar-refractivity contribution in [1.82, 2.24) is 15.2 Å². The van der Waals surface area contributed by atoms with Crippen LogP contribution >= 0.6 is 23.4 Å². The first kappa shape index (κ1) is 14.2. The zero-order chi connectivity index (χ0) is 14.7. The van der Waals surface area contributed by atoms with Crippen LogP contribution in [0.5, 0.6) is 0 Å². The Balaban J connectivity index is 1.77. The molecule has 5 heteroatoms. The molecule has 0 fully saturated rings. The van der Waals surface area contributed by atoms with E-state index in [1.165, 1.54) is 0 Å². The molecule has 3 rings (SSSR count). The zero-order valence-electron chi connectivity index (χ0n) is 11.5. The zero-order valence-corrected chi connectivity index (χ0v) is 13.0. The summed E-state index contributed by atoms with van der Waals surface area (Å²) in [6.45, 7) is 2.10. The molecule has 0 amide bonds. The van der Waals surface area contributed by atoms with Crippen LogP contribution in [0.3, 0.4) is 0 Å². The van der Waals surface area contributed by atoms with Gasteiger partial charge in [0, 0.05) is 15.8 Å². The third-order valence-electron chi connectivity index (χ3n) is 3.14. The Morgan fingerprint density at radius 2 is 1.76 bits per heavy atom. The Kier molecular flexibility index (Phi) is 4.27. The highest BCUT2D eigenvalue weighted by atomic mass is 35.5. The Morgan fingerprint density at radius 3 is 2.52 bits per heavy atom. The molecule has 3 nitrogen and oxygen atoms in total. The van der Waals surface area contributed by atoms with Crippen molar-refractivity contribution in [2.24, 2.45) is 0 Å². The first-order valence-electron chi connectivity index (χ1n) is 6.63. The van der Waals surface area contributed by atoms with Gasteiger partial charge in [-0.3, -0.25) is 5.10 Å². The molecule has 21 heavy (non-hydrogen) atoms. The summed E-state index contributed by atoms with van der Waals surface area (Å²) in [7, 11) is 0. The Bertz CT molecular complexity index is 727. The van der Waals surface area contributed by atoms with Gasteiger partial charge < -0.3 is 0 Å². The molecule has 1 heterocycles. The summed E-state index contributed by atoms with van der Waals surface area (Å²) in [6, 6.07) is 17.8. The molecule has 1 N–H and O–H groups in total. The molecule has 1 atom stereocenters. The fourth-order valence-corrected chi connectivity index (χ4v) is 3.31. The van der Waals surface area contributed by atoms with E-state index >= 15 is 0 Å². The number of nitrogens with one attached hydrogen (secondary N) is 1. The summed E-state index contributed by atoms with van der Waals surface area (Å²) >= 11 is 7.81. The topological polar surface area (TPSA) is 41.6 Å². The minimum absolute atomic E-state index is 0.193. The lowest BCUT2D eigenvalue weighted by molar-refractivity contribution is 0.960. The van der Waals surface area contributed by atoms with E-state index in [9.17, 15) is 0 Å². The van der Waals surface area contributed by atoms with E-state index in [0.29, 0.717) is 0 Å². The molecular weight excluding hydrogens is 302 g/mol. The highest BCUT2D eigenvalue weighted by molar-refractivity contribution is 7.99. The first-order valence-corrected chi connectivity index (χ1v) is 7.88. The maximum atomic E-state index is 6.22. The van der Waals surface area contributed by atoms with Crippen LogP contribution in [0.2, 0.25) is 5.02 Å². The Hall–Kier alpha value is -1.78. The number of aromatic nitrogens is 3. The van der Waals surface area contributed by atoms with E-state index in [1.807, 2.05) is 54.6 Å². The molecule has 0 saturated carbocycles. The lowest BCUT2D eigenvalue weighted by Gasteiger charge is -2.10. The van der Waals surface area contributed by atoms with Crippen LogP contribution < -0.4 is 0 Å². The van der Waals surface area contributed by atoms with E-state index in [-0.39, 0.29) is 5.25 Å². The number of benzene rings is 2. The average Bonchev–Trinajstić information content (AvgIpc) is 2.97. The number of H-pyrrole nitrogens is 1. The minimum atomic E-state index is 0.193. The lowest BCUT2D eigenvalue weighted by atomic mass is 10.2. The molecule has 0 aliphatic heterocycles. The molecule has 0 saturated heterocycles. The van der Waals surface area contributed by atoms with Crippen LogP contribution in [0.25, 0.3) is 11.4 Å². The number of thioether (sulfide) groups is 1. The number of hydrogen-bond acceptors (Lipinski definition) is 3. The van der Waals surface area contributed by atoms with Crippen molar-refractivity contribution in [1.29, 1.82) is 0 Å². The summed E-state index contributed by atoms with van der Waals surface area (Å²) in [4.78, 5) is 4.53. The van der Waals surface area contributed by atoms with Gasteiger partial charge in [0.1, 0.15) is 0 Å². The van der Waals surface area contributed by atoms with Gasteiger partial charge in [-0.05, 0) is 18.6 Å². The molecule has 2 aromatic carbocycles. The van der Waals surface area contributed by atoms with Crippen molar-refractivity contribution in [3.05, 3.63) is 65.2 Å². The molecule has 0 bridgehead atoms. The van der Waals surface area contributed by atoms with Crippen molar-refractivity contribution in [2.45, 2.75) is 17.3 Å². The third-order valence-corrected chi connectivity index (χ3v) is 4.48. The van der Waals surface area contributed by atoms with Crippen molar-refractivity contribution < 1.29 is 0 Å².